The number of hydrogen-bond acceptors (Lipinski definition) is 3. The largest absolute Gasteiger partial charge is 0.481 e. The monoisotopic (exact) mass is 282 g/mol. The van der Waals surface area contributed by atoms with Gasteiger partial charge in [0.05, 0.1) is 12.0 Å². The molecule has 1 heterocycles. The predicted octanol–water partition coefficient (Wildman–Crippen LogP) is 1.52. The second-order valence-electron chi connectivity index (χ2n) is 4.98. The van der Waals surface area contributed by atoms with E-state index < -0.39 is 11.9 Å². The summed E-state index contributed by atoms with van der Waals surface area (Å²) in [5, 5.41) is 14.4. The van der Waals surface area contributed by atoms with Gasteiger partial charge in [-0.3, -0.25) is 4.79 Å². The van der Waals surface area contributed by atoms with Crippen LogP contribution in [0.5, 0.6) is 0 Å². The highest BCUT2D eigenvalue weighted by Gasteiger charge is 2.22. The molecule has 2 amide bonds. The van der Waals surface area contributed by atoms with Crippen molar-refractivity contribution >= 4 is 12.0 Å². The normalized spacial score (nSPS) is 13.8. The standard InChI is InChI=1S/C13H22N4O3/c1-4-10(11-14-5-6-15-11)17-13(20)16-7-9(8(2)3)12(18)19/h5-6,8-10H,4,7H2,1-3H3,(H,14,15)(H,18,19)(H2,16,17,20). The first kappa shape index (κ1) is 16.0. The quantitative estimate of drug-likeness (QED) is 0.608. The highest BCUT2D eigenvalue weighted by molar-refractivity contribution is 5.76. The van der Waals surface area contributed by atoms with Crippen LogP contribution in [0.3, 0.4) is 0 Å². The van der Waals surface area contributed by atoms with Crippen molar-refractivity contribution in [1.29, 1.82) is 0 Å². The summed E-state index contributed by atoms with van der Waals surface area (Å²) < 4.78 is 0. The van der Waals surface area contributed by atoms with Gasteiger partial charge in [-0.1, -0.05) is 20.8 Å². The zero-order valence-electron chi connectivity index (χ0n) is 12.0. The fraction of sp³-hybridized carbons (Fsp3) is 0.615. The molecule has 112 valence electrons. The number of carboxylic acids is 1. The van der Waals surface area contributed by atoms with E-state index in [4.69, 9.17) is 5.11 Å². The molecule has 1 aromatic rings. The minimum absolute atomic E-state index is 0.0418. The summed E-state index contributed by atoms with van der Waals surface area (Å²) in [5.74, 6) is -0.857. The minimum atomic E-state index is -0.904. The van der Waals surface area contributed by atoms with Gasteiger partial charge in [0, 0.05) is 18.9 Å². The van der Waals surface area contributed by atoms with Gasteiger partial charge in [-0.2, -0.15) is 0 Å². The van der Waals surface area contributed by atoms with Gasteiger partial charge in [0.1, 0.15) is 5.82 Å². The van der Waals surface area contributed by atoms with E-state index in [1.54, 1.807) is 12.4 Å². The molecular formula is C13H22N4O3. The Labute approximate surface area is 118 Å². The number of rotatable bonds is 7. The van der Waals surface area contributed by atoms with Gasteiger partial charge in [0.15, 0.2) is 0 Å². The van der Waals surface area contributed by atoms with Crippen LogP contribution < -0.4 is 10.6 Å². The lowest BCUT2D eigenvalue weighted by atomic mass is 9.96. The van der Waals surface area contributed by atoms with Crippen LogP contribution in [0, 0.1) is 11.8 Å². The van der Waals surface area contributed by atoms with E-state index in [9.17, 15) is 9.59 Å². The maximum atomic E-state index is 11.8. The molecule has 0 aliphatic rings. The van der Waals surface area contributed by atoms with Gasteiger partial charge >= 0.3 is 12.0 Å². The Balaban J connectivity index is 2.48. The molecule has 0 bridgehead atoms. The molecule has 0 spiro atoms. The number of aliphatic carboxylic acids is 1. The van der Waals surface area contributed by atoms with Crippen LogP contribution in [0.1, 0.15) is 39.1 Å². The van der Waals surface area contributed by atoms with Crippen molar-refractivity contribution in [2.24, 2.45) is 11.8 Å². The smallest absolute Gasteiger partial charge is 0.315 e. The van der Waals surface area contributed by atoms with Crippen LogP contribution in [0.2, 0.25) is 0 Å². The van der Waals surface area contributed by atoms with Crippen molar-refractivity contribution in [3.8, 4) is 0 Å². The number of imidazole rings is 1. The van der Waals surface area contributed by atoms with Crippen molar-refractivity contribution in [2.45, 2.75) is 33.2 Å². The van der Waals surface area contributed by atoms with Gasteiger partial charge in [0.2, 0.25) is 0 Å². The Kier molecular flexibility index (Phi) is 6.02. The summed E-state index contributed by atoms with van der Waals surface area (Å²) in [4.78, 5) is 29.9. The average molecular weight is 282 g/mol. The molecule has 20 heavy (non-hydrogen) atoms. The van der Waals surface area contributed by atoms with Crippen LogP contribution in [0.15, 0.2) is 12.4 Å². The number of nitrogens with one attached hydrogen (secondary N) is 3. The first-order valence-corrected chi connectivity index (χ1v) is 6.72. The van der Waals surface area contributed by atoms with Crippen molar-refractivity contribution in [1.82, 2.24) is 20.6 Å². The molecule has 1 rings (SSSR count). The van der Waals surface area contributed by atoms with Crippen LogP contribution in [-0.2, 0) is 4.79 Å². The first-order valence-electron chi connectivity index (χ1n) is 6.72. The highest BCUT2D eigenvalue weighted by Crippen LogP contribution is 2.12. The third-order valence-corrected chi connectivity index (χ3v) is 3.17. The molecule has 2 atom stereocenters. The molecular weight excluding hydrogens is 260 g/mol. The van der Waals surface area contributed by atoms with Gasteiger partial charge in [0.25, 0.3) is 0 Å². The number of nitrogens with zero attached hydrogens (tertiary/aromatic N) is 1. The van der Waals surface area contributed by atoms with E-state index in [1.807, 2.05) is 20.8 Å². The summed E-state index contributed by atoms with van der Waals surface area (Å²) in [7, 11) is 0. The summed E-state index contributed by atoms with van der Waals surface area (Å²) >= 11 is 0. The molecule has 0 aliphatic carbocycles. The molecule has 0 aromatic carbocycles. The second-order valence-corrected chi connectivity index (χ2v) is 4.98. The Morgan fingerprint density at radius 3 is 2.60 bits per heavy atom. The molecule has 7 heteroatoms. The molecule has 0 fully saturated rings. The Morgan fingerprint density at radius 2 is 2.15 bits per heavy atom. The molecule has 7 nitrogen and oxygen atoms in total. The molecule has 2 unspecified atom stereocenters. The number of carboxylic acid groups (broad SMARTS) is 1. The van der Waals surface area contributed by atoms with Gasteiger partial charge in [-0.15, -0.1) is 0 Å². The maximum absolute atomic E-state index is 11.8. The number of H-pyrrole nitrogens is 1. The van der Waals surface area contributed by atoms with E-state index in [2.05, 4.69) is 20.6 Å². The number of hydrogen-bond donors (Lipinski definition) is 4. The summed E-state index contributed by atoms with van der Waals surface area (Å²) in [6, 6.07) is -0.604. The molecule has 0 saturated heterocycles. The molecule has 0 aliphatic heterocycles. The number of urea groups is 1. The lowest BCUT2D eigenvalue weighted by molar-refractivity contribution is -0.142. The SMILES string of the molecule is CCC(NC(=O)NCC(C(=O)O)C(C)C)c1ncc[nH]1. The maximum Gasteiger partial charge on any atom is 0.315 e. The fourth-order valence-electron chi connectivity index (χ4n) is 1.85. The van der Waals surface area contributed by atoms with Crippen LogP contribution in [0.4, 0.5) is 4.79 Å². The van der Waals surface area contributed by atoms with Crippen LogP contribution in [0.25, 0.3) is 0 Å². The molecule has 4 N–H and O–H groups in total. The minimum Gasteiger partial charge on any atom is -0.481 e. The second kappa shape index (κ2) is 7.52. The zero-order valence-corrected chi connectivity index (χ0v) is 12.0. The summed E-state index contributed by atoms with van der Waals surface area (Å²) in [6.45, 7) is 5.67. The third-order valence-electron chi connectivity index (χ3n) is 3.17. The fourth-order valence-corrected chi connectivity index (χ4v) is 1.85. The van der Waals surface area contributed by atoms with Crippen LogP contribution in [-0.4, -0.2) is 33.6 Å². The van der Waals surface area contributed by atoms with Crippen LogP contribution >= 0.6 is 0 Å². The lowest BCUT2D eigenvalue weighted by Crippen LogP contribution is -2.42. The molecule has 1 aromatic heterocycles. The average Bonchev–Trinajstić information content (AvgIpc) is 2.88. The number of aromatic amines is 1. The van der Waals surface area contributed by atoms with E-state index in [-0.39, 0.29) is 24.5 Å². The van der Waals surface area contributed by atoms with Crippen molar-refractivity contribution in [3.05, 3.63) is 18.2 Å². The van der Waals surface area contributed by atoms with Crippen molar-refractivity contribution < 1.29 is 14.7 Å². The van der Waals surface area contributed by atoms with Gasteiger partial charge in [-0.25, -0.2) is 9.78 Å². The van der Waals surface area contributed by atoms with E-state index >= 15 is 0 Å². The Bertz CT molecular complexity index is 431. The zero-order chi connectivity index (χ0) is 15.1. The van der Waals surface area contributed by atoms with Gasteiger partial charge < -0.3 is 20.7 Å². The highest BCUT2D eigenvalue weighted by atomic mass is 16.4. The summed E-state index contributed by atoms with van der Waals surface area (Å²) in [5.41, 5.74) is 0. The molecule has 0 saturated carbocycles. The van der Waals surface area contributed by atoms with Crippen molar-refractivity contribution in [2.75, 3.05) is 6.54 Å². The topological polar surface area (TPSA) is 107 Å². The Morgan fingerprint density at radius 1 is 1.45 bits per heavy atom. The van der Waals surface area contributed by atoms with E-state index in [0.29, 0.717) is 12.2 Å². The third kappa shape index (κ3) is 4.56. The van der Waals surface area contributed by atoms with E-state index in [1.165, 1.54) is 0 Å². The van der Waals surface area contributed by atoms with Crippen molar-refractivity contribution in [3.63, 3.8) is 0 Å². The molecule has 0 radical (unpaired) electrons. The van der Waals surface area contributed by atoms with E-state index in [0.717, 1.165) is 0 Å². The first-order chi connectivity index (χ1) is 9.45. The Hall–Kier alpha value is -2.05. The number of amides is 2. The summed E-state index contributed by atoms with van der Waals surface area (Å²) in [6.07, 6.45) is 4.00. The number of aromatic nitrogens is 2. The number of carbonyl (C=O) groups excluding carboxylic acids is 1. The number of carbonyl (C=O) groups is 2. The predicted molar refractivity (Wildman–Crippen MR) is 74.1 cm³/mol. The van der Waals surface area contributed by atoms with Gasteiger partial charge in [-0.05, 0) is 12.3 Å². The lowest BCUT2D eigenvalue weighted by Gasteiger charge is -2.19.